The van der Waals surface area contributed by atoms with Gasteiger partial charge in [-0.15, -0.1) is 0 Å². The van der Waals surface area contributed by atoms with E-state index in [0.717, 1.165) is 17.7 Å². The number of hydrogen-bond donors (Lipinski definition) is 0. The summed E-state index contributed by atoms with van der Waals surface area (Å²) < 4.78 is 5.40. The van der Waals surface area contributed by atoms with E-state index >= 15 is 0 Å². The summed E-state index contributed by atoms with van der Waals surface area (Å²) in [5.74, 6) is 1.62. The molecule has 2 nitrogen and oxygen atoms in total. The third kappa shape index (κ3) is 2.60. The van der Waals surface area contributed by atoms with E-state index in [2.05, 4.69) is 12.1 Å². The molecule has 0 saturated heterocycles. The highest BCUT2D eigenvalue weighted by atomic mass is 16.5. The summed E-state index contributed by atoms with van der Waals surface area (Å²) in [7, 11) is 0. The first-order valence-electron chi connectivity index (χ1n) is 7.11. The molecule has 0 bridgehead atoms. The van der Waals surface area contributed by atoms with Gasteiger partial charge in [0.25, 0.3) is 0 Å². The van der Waals surface area contributed by atoms with Crippen LogP contribution >= 0.6 is 0 Å². The standard InChI is InChI=1S/C18H18O2/c1-2-20-15-10-8-14(9-11-15)18(19)17-12-16(17)13-6-4-3-5-7-13/h3-11,16-17H,2,12H2,1H3. The van der Waals surface area contributed by atoms with Crippen LogP contribution in [0.3, 0.4) is 0 Å². The Morgan fingerprint density at radius 3 is 2.45 bits per heavy atom. The molecule has 1 saturated carbocycles. The van der Waals surface area contributed by atoms with Gasteiger partial charge in [-0.2, -0.15) is 0 Å². The van der Waals surface area contributed by atoms with Crippen molar-refractivity contribution in [2.24, 2.45) is 5.92 Å². The third-order valence-corrected chi connectivity index (χ3v) is 3.80. The fourth-order valence-corrected chi connectivity index (χ4v) is 2.65. The molecule has 0 amide bonds. The van der Waals surface area contributed by atoms with Crippen LogP contribution in [-0.2, 0) is 0 Å². The fourth-order valence-electron chi connectivity index (χ4n) is 2.65. The minimum atomic E-state index is 0.148. The predicted octanol–water partition coefficient (Wildman–Crippen LogP) is 4.07. The zero-order chi connectivity index (χ0) is 13.9. The lowest BCUT2D eigenvalue weighted by Gasteiger charge is -2.04. The van der Waals surface area contributed by atoms with Crippen LogP contribution in [0.4, 0.5) is 0 Å². The van der Waals surface area contributed by atoms with Crippen molar-refractivity contribution in [2.75, 3.05) is 6.61 Å². The van der Waals surface area contributed by atoms with Gasteiger partial charge in [0, 0.05) is 11.5 Å². The molecule has 0 radical (unpaired) electrons. The Kier molecular flexibility index (Phi) is 3.55. The van der Waals surface area contributed by atoms with Gasteiger partial charge in [-0.05, 0) is 49.1 Å². The second-order valence-electron chi connectivity index (χ2n) is 5.18. The molecular weight excluding hydrogens is 248 g/mol. The Balaban J connectivity index is 1.68. The summed E-state index contributed by atoms with van der Waals surface area (Å²) >= 11 is 0. The van der Waals surface area contributed by atoms with E-state index in [4.69, 9.17) is 4.74 Å². The highest BCUT2D eigenvalue weighted by Gasteiger charge is 2.43. The normalized spacial score (nSPS) is 20.4. The molecule has 102 valence electrons. The van der Waals surface area contributed by atoms with Crippen LogP contribution in [0.15, 0.2) is 54.6 Å². The summed E-state index contributed by atoms with van der Waals surface area (Å²) in [4.78, 5) is 12.4. The van der Waals surface area contributed by atoms with Crippen molar-refractivity contribution in [3.8, 4) is 5.75 Å². The molecule has 20 heavy (non-hydrogen) atoms. The van der Waals surface area contributed by atoms with E-state index in [-0.39, 0.29) is 11.7 Å². The molecule has 2 heteroatoms. The largest absolute Gasteiger partial charge is 0.494 e. The van der Waals surface area contributed by atoms with Crippen molar-refractivity contribution >= 4 is 5.78 Å². The molecule has 1 aliphatic rings. The molecular formula is C18H18O2. The van der Waals surface area contributed by atoms with E-state index in [9.17, 15) is 4.79 Å². The smallest absolute Gasteiger partial charge is 0.166 e. The maximum absolute atomic E-state index is 12.4. The Morgan fingerprint density at radius 2 is 1.80 bits per heavy atom. The van der Waals surface area contributed by atoms with E-state index in [1.165, 1.54) is 5.56 Å². The lowest BCUT2D eigenvalue weighted by molar-refractivity contribution is 0.0965. The first kappa shape index (κ1) is 12.9. The van der Waals surface area contributed by atoms with E-state index in [1.807, 2.05) is 49.4 Å². The molecule has 0 aliphatic heterocycles. The zero-order valence-electron chi connectivity index (χ0n) is 11.6. The molecule has 1 aliphatic carbocycles. The van der Waals surface area contributed by atoms with Gasteiger partial charge in [0.1, 0.15) is 5.75 Å². The molecule has 2 aromatic carbocycles. The van der Waals surface area contributed by atoms with Crippen LogP contribution in [0.5, 0.6) is 5.75 Å². The Labute approximate surface area is 119 Å². The summed E-state index contributed by atoms with van der Waals surface area (Å²) in [6.45, 7) is 2.60. The summed E-state index contributed by atoms with van der Waals surface area (Å²) in [6, 6.07) is 17.8. The monoisotopic (exact) mass is 266 g/mol. The summed E-state index contributed by atoms with van der Waals surface area (Å²) in [6.07, 6.45) is 0.968. The van der Waals surface area contributed by atoms with Crippen molar-refractivity contribution in [1.82, 2.24) is 0 Å². The lowest BCUT2D eigenvalue weighted by atomic mass is 10.0. The van der Waals surface area contributed by atoms with Gasteiger partial charge in [0.15, 0.2) is 5.78 Å². The van der Waals surface area contributed by atoms with Crippen molar-refractivity contribution in [3.63, 3.8) is 0 Å². The van der Waals surface area contributed by atoms with E-state index in [0.29, 0.717) is 12.5 Å². The van der Waals surface area contributed by atoms with Crippen molar-refractivity contribution in [3.05, 3.63) is 65.7 Å². The Hall–Kier alpha value is -2.09. The minimum absolute atomic E-state index is 0.148. The number of Topliss-reactive ketones (excluding diaryl/α,β-unsaturated/α-hetero) is 1. The molecule has 0 aromatic heterocycles. The molecule has 0 N–H and O–H groups in total. The predicted molar refractivity (Wildman–Crippen MR) is 79.2 cm³/mol. The zero-order valence-corrected chi connectivity index (χ0v) is 11.6. The second-order valence-corrected chi connectivity index (χ2v) is 5.18. The number of carbonyl (C=O) groups excluding carboxylic acids is 1. The van der Waals surface area contributed by atoms with Crippen LogP contribution in [0, 0.1) is 5.92 Å². The summed E-state index contributed by atoms with van der Waals surface area (Å²) in [5, 5.41) is 0. The fraction of sp³-hybridized carbons (Fsp3) is 0.278. The first-order valence-corrected chi connectivity index (χ1v) is 7.11. The topological polar surface area (TPSA) is 26.3 Å². The first-order chi connectivity index (χ1) is 9.79. The average Bonchev–Trinajstić information content (AvgIpc) is 3.29. The summed E-state index contributed by atoms with van der Waals surface area (Å²) in [5.41, 5.74) is 2.06. The van der Waals surface area contributed by atoms with E-state index < -0.39 is 0 Å². The van der Waals surface area contributed by atoms with Crippen LogP contribution in [0.2, 0.25) is 0 Å². The van der Waals surface area contributed by atoms with Gasteiger partial charge >= 0.3 is 0 Å². The van der Waals surface area contributed by atoms with Crippen molar-refractivity contribution in [1.29, 1.82) is 0 Å². The van der Waals surface area contributed by atoms with Gasteiger partial charge in [-0.25, -0.2) is 0 Å². The molecule has 2 atom stereocenters. The molecule has 2 unspecified atom stereocenters. The van der Waals surface area contributed by atoms with Gasteiger partial charge in [0.2, 0.25) is 0 Å². The minimum Gasteiger partial charge on any atom is -0.494 e. The maximum atomic E-state index is 12.4. The molecule has 2 aromatic rings. The van der Waals surface area contributed by atoms with Gasteiger partial charge in [-0.1, -0.05) is 30.3 Å². The average molecular weight is 266 g/mol. The quantitative estimate of drug-likeness (QED) is 0.762. The Bertz CT molecular complexity index is 587. The van der Waals surface area contributed by atoms with Crippen LogP contribution in [0.1, 0.15) is 35.2 Å². The molecule has 0 spiro atoms. The van der Waals surface area contributed by atoms with Gasteiger partial charge < -0.3 is 4.74 Å². The molecule has 3 rings (SSSR count). The number of ketones is 1. The third-order valence-electron chi connectivity index (χ3n) is 3.80. The molecule has 1 fully saturated rings. The van der Waals surface area contributed by atoms with Crippen molar-refractivity contribution < 1.29 is 9.53 Å². The Morgan fingerprint density at radius 1 is 1.10 bits per heavy atom. The van der Waals surface area contributed by atoms with Crippen molar-refractivity contribution in [2.45, 2.75) is 19.3 Å². The number of hydrogen-bond acceptors (Lipinski definition) is 2. The maximum Gasteiger partial charge on any atom is 0.166 e. The van der Waals surface area contributed by atoms with Crippen LogP contribution in [0.25, 0.3) is 0 Å². The SMILES string of the molecule is CCOc1ccc(C(=O)C2CC2c2ccccc2)cc1. The van der Waals surface area contributed by atoms with E-state index in [1.54, 1.807) is 0 Å². The molecule has 0 heterocycles. The number of rotatable bonds is 5. The highest BCUT2D eigenvalue weighted by molar-refractivity contribution is 6.00. The van der Waals surface area contributed by atoms with Gasteiger partial charge in [-0.3, -0.25) is 4.79 Å². The van der Waals surface area contributed by atoms with Crippen LogP contribution in [-0.4, -0.2) is 12.4 Å². The highest BCUT2D eigenvalue weighted by Crippen LogP contribution is 2.49. The number of benzene rings is 2. The van der Waals surface area contributed by atoms with Gasteiger partial charge in [0.05, 0.1) is 6.61 Å². The number of ether oxygens (including phenoxy) is 1. The lowest BCUT2D eigenvalue weighted by Crippen LogP contribution is -2.03. The number of carbonyl (C=O) groups is 1. The van der Waals surface area contributed by atoms with Crippen LogP contribution < -0.4 is 4.74 Å². The second kappa shape index (κ2) is 5.49.